The summed E-state index contributed by atoms with van der Waals surface area (Å²) in [7, 11) is 1.68. The third kappa shape index (κ3) is 6.03. The van der Waals surface area contributed by atoms with Crippen LogP contribution in [0.1, 0.15) is 25.0 Å². The van der Waals surface area contributed by atoms with Crippen LogP contribution in [0.4, 0.5) is 0 Å². The molecule has 2 aromatic carbocycles. The van der Waals surface area contributed by atoms with Crippen molar-refractivity contribution in [2.75, 3.05) is 20.3 Å². The predicted octanol–water partition coefficient (Wildman–Crippen LogP) is 3.35. The van der Waals surface area contributed by atoms with Gasteiger partial charge < -0.3 is 20.1 Å². The Labute approximate surface area is 150 Å². The van der Waals surface area contributed by atoms with Gasteiger partial charge in [-0.15, -0.1) is 0 Å². The predicted molar refractivity (Wildman–Crippen MR) is 102 cm³/mol. The van der Waals surface area contributed by atoms with E-state index in [4.69, 9.17) is 9.47 Å². The second-order valence-electron chi connectivity index (χ2n) is 5.44. The van der Waals surface area contributed by atoms with E-state index >= 15 is 0 Å². The van der Waals surface area contributed by atoms with E-state index in [9.17, 15) is 0 Å². The average molecular weight is 341 g/mol. The molecule has 0 unspecified atom stereocenters. The number of benzene rings is 2. The molecule has 0 radical (unpaired) electrons. The molecule has 5 nitrogen and oxygen atoms in total. The van der Waals surface area contributed by atoms with Gasteiger partial charge in [0.25, 0.3) is 0 Å². The van der Waals surface area contributed by atoms with Crippen molar-refractivity contribution < 1.29 is 9.47 Å². The van der Waals surface area contributed by atoms with Crippen molar-refractivity contribution in [3.63, 3.8) is 0 Å². The van der Waals surface area contributed by atoms with Crippen LogP contribution < -0.4 is 20.1 Å². The van der Waals surface area contributed by atoms with E-state index in [1.807, 2.05) is 49.4 Å². The number of rotatable bonds is 8. The van der Waals surface area contributed by atoms with Gasteiger partial charge in [0.1, 0.15) is 11.5 Å². The van der Waals surface area contributed by atoms with Gasteiger partial charge in [-0.1, -0.05) is 30.3 Å². The third-order valence-electron chi connectivity index (χ3n) is 3.61. The molecule has 0 aliphatic carbocycles. The molecule has 0 saturated heterocycles. The first-order chi connectivity index (χ1) is 12.3. The number of para-hydroxylation sites is 1. The fraction of sp³-hybridized carbons (Fsp3) is 0.350. The van der Waals surface area contributed by atoms with Gasteiger partial charge in [-0.2, -0.15) is 0 Å². The number of nitrogens with one attached hydrogen (secondary N) is 2. The van der Waals surface area contributed by atoms with Crippen LogP contribution in [0.5, 0.6) is 11.5 Å². The van der Waals surface area contributed by atoms with Crippen LogP contribution in [0.25, 0.3) is 0 Å². The molecular weight excluding hydrogens is 314 g/mol. The Morgan fingerprint density at radius 2 is 1.88 bits per heavy atom. The Balaban J connectivity index is 2.01. The summed E-state index contributed by atoms with van der Waals surface area (Å²) in [5.41, 5.74) is 2.20. The van der Waals surface area contributed by atoms with Crippen molar-refractivity contribution in [2.24, 2.45) is 4.99 Å². The zero-order chi connectivity index (χ0) is 17.9. The summed E-state index contributed by atoms with van der Waals surface area (Å²) >= 11 is 0. The van der Waals surface area contributed by atoms with Crippen molar-refractivity contribution in [2.45, 2.75) is 26.9 Å². The van der Waals surface area contributed by atoms with E-state index in [1.54, 1.807) is 7.11 Å². The van der Waals surface area contributed by atoms with Crippen LogP contribution >= 0.6 is 0 Å². The third-order valence-corrected chi connectivity index (χ3v) is 3.61. The summed E-state index contributed by atoms with van der Waals surface area (Å²) in [6, 6.07) is 16.0. The molecule has 0 spiro atoms. The number of methoxy groups -OCH3 is 1. The highest BCUT2D eigenvalue weighted by molar-refractivity contribution is 5.79. The minimum absolute atomic E-state index is 0.585. The van der Waals surface area contributed by atoms with Crippen molar-refractivity contribution in [3.8, 4) is 11.5 Å². The molecule has 0 amide bonds. The van der Waals surface area contributed by atoms with Crippen LogP contribution in [-0.2, 0) is 13.1 Å². The highest BCUT2D eigenvalue weighted by Crippen LogP contribution is 2.17. The molecule has 2 rings (SSSR count). The summed E-state index contributed by atoms with van der Waals surface area (Å²) < 4.78 is 10.9. The fourth-order valence-electron chi connectivity index (χ4n) is 2.44. The molecule has 0 saturated carbocycles. The normalized spacial score (nSPS) is 11.1. The lowest BCUT2D eigenvalue weighted by Gasteiger charge is -2.13. The van der Waals surface area contributed by atoms with E-state index in [0.717, 1.165) is 35.1 Å². The molecule has 0 aliphatic heterocycles. The number of ether oxygens (including phenoxy) is 2. The van der Waals surface area contributed by atoms with Crippen molar-refractivity contribution in [3.05, 3.63) is 59.7 Å². The first-order valence-corrected chi connectivity index (χ1v) is 8.62. The number of aliphatic imine (C=N–C) groups is 1. The second kappa shape index (κ2) is 10.2. The highest BCUT2D eigenvalue weighted by Gasteiger charge is 2.03. The fourth-order valence-corrected chi connectivity index (χ4v) is 2.44. The summed E-state index contributed by atoms with van der Waals surface area (Å²) in [4.78, 5) is 4.65. The summed E-state index contributed by atoms with van der Waals surface area (Å²) in [5, 5.41) is 6.62. The average Bonchev–Trinajstić information content (AvgIpc) is 2.65. The lowest BCUT2D eigenvalue weighted by atomic mass is 10.2. The molecule has 2 N–H and O–H groups in total. The van der Waals surface area contributed by atoms with Crippen molar-refractivity contribution in [1.29, 1.82) is 0 Å². The highest BCUT2D eigenvalue weighted by atomic mass is 16.5. The van der Waals surface area contributed by atoms with E-state index in [1.165, 1.54) is 0 Å². The van der Waals surface area contributed by atoms with Crippen LogP contribution in [0, 0.1) is 0 Å². The maximum absolute atomic E-state index is 5.54. The van der Waals surface area contributed by atoms with Gasteiger partial charge >= 0.3 is 0 Å². The molecule has 5 heteroatoms. The first kappa shape index (κ1) is 18.6. The van der Waals surface area contributed by atoms with Gasteiger partial charge in [0, 0.05) is 18.7 Å². The minimum Gasteiger partial charge on any atom is -0.496 e. The summed E-state index contributed by atoms with van der Waals surface area (Å²) in [5.74, 6) is 2.52. The monoisotopic (exact) mass is 341 g/mol. The molecule has 2 aromatic rings. The number of nitrogens with zero attached hydrogens (tertiary/aromatic N) is 1. The molecule has 0 fully saturated rings. The standard InChI is InChI=1S/C20H27N3O2/c1-4-21-20(23-15-17-10-6-7-12-19(17)24-3)22-14-16-9-8-11-18(13-16)25-5-2/h6-13H,4-5,14-15H2,1-3H3,(H2,21,22,23). The Morgan fingerprint density at radius 1 is 1.04 bits per heavy atom. The van der Waals surface area contributed by atoms with Gasteiger partial charge in [0.05, 0.1) is 20.3 Å². The largest absolute Gasteiger partial charge is 0.496 e. The molecule has 0 aliphatic rings. The van der Waals surface area contributed by atoms with E-state index in [2.05, 4.69) is 28.6 Å². The molecular formula is C20H27N3O2. The topological polar surface area (TPSA) is 54.9 Å². The van der Waals surface area contributed by atoms with Gasteiger partial charge in [-0.05, 0) is 37.6 Å². The number of hydrogen-bond acceptors (Lipinski definition) is 3. The van der Waals surface area contributed by atoms with Crippen LogP contribution in [0.3, 0.4) is 0 Å². The molecule has 0 heterocycles. The zero-order valence-electron chi connectivity index (χ0n) is 15.2. The first-order valence-electron chi connectivity index (χ1n) is 8.62. The lowest BCUT2D eigenvalue weighted by Crippen LogP contribution is -2.36. The van der Waals surface area contributed by atoms with Gasteiger partial charge in [0.15, 0.2) is 5.96 Å². The summed E-state index contributed by atoms with van der Waals surface area (Å²) in [6.45, 7) is 6.73. The van der Waals surface area contributed by atoms with E-state index < -0.39 is 0 Å². The molecule has 0 aromatic heterocycles. The lowest BCUT2D eigenvalue weighted by molar-refractivity contribution is 0.340. The Kier molecular flexibility index (Phi) is 7.63. The van der Waals surface area contributed by atoms with Gasteiger partial charge in [-0.25, -0.2) is 4.99 Å². The number of guanidine groups is 1. The zero-order valence-corrected chi connectivity index (χ0v) is 15.2. The van der Waals surface area contributed by atoms with E-state index in [-0.39, 0.29) is 0 Å². The molecule has 25 heavy (non-hydrogen) atoms. The molecule has 134 valence electrons. The van der Waals surface area contributed by atoms with Crippen LogP contribution in [0.15, 0.2) is 53.5 Å². The number of hydrogen-bond donors (Lipinski definition) is 2. The Bertz CT molecular complexity index is 686. The molecule has 0 atom stereocenters. The molecule has 0 bridgehead atoms. The van der Waals surface area contributed by atoms with Gasteiger partial charge in [0.2, 0.25) is 0 Å². The minimum atomic E-state index is 0.585. The SMILES string of the molecule is CCNC(=NCc1cccc(OCC)c1)NCc1ccccc1OC. The van der Waals surface area contributed by atoms with Gasteiger partial charge in [-0.3, -0.25) is 0 Å². The Morgan fingerprint density at radius 3 is 2.64 bits per heavy atom. The van der Waals surface area contributed by atoms with Crippen molar-refractivity contribution in [1.82, 2.24) is 10.6 Å². The quantitative estimate of drug-likeness (QED) is 0.571. The maximum atomic E-state index is 5.54. The van der Waals surface area contributed by atoms with Crippen molar-refractivity contribution >= 4 is 5.96 Å². The second-order valence-corrected chi connectivity index (χ2v) is 5.44. The Hall–Kier alpha value is -2.69. The van der Waals surface area contributed by atoms with E-state index in [0.29, 0.717) is 19.7 Å². The van der Waals surface area contributed by atoms with Crippen LogP contribution in [0.2, 0.25) is 0 Å². The smallest absolute Gasteiger partial charge is 0.191 e. The van der Waals surface area contributed by atoms with Crippen LogP contribution in [-0.4, -0.2) is 26.2 Å². The summed E-state index contributed by atoms with van der Waals surface area (Å²) in [6.07, 6.45) is 0. The maximum Gasteiger partial charge on any atom is 0.191 e.